The van der Waals surface area contributed by atoms with Crippen LogP contribution in [0, 0.1) is 0 Å². The molecule has 1 atom stereocenters. The van der Waals surface area contributed by atoms with E-state index in [-0.39, 0.29) is 10.8 Å². The first-order valence-electron chi connectivity index (χ1n) is 8.83. The summed E-state index contributed by atoms with van der Waals surface area (Å²) in [5.74, 6) is -0.765. The van der Waals surface area contributed by atoms with Crippen molar-refractivity contribution in [2.75, 3.05) is 15.9 Å². The van der Waals surface area contributed by atoms with Crippen LogP contribution in [0.5, 0.6) is 0 Å². The topological polar surface area (TPSA) is 92.3 Å². The lowest BCUT2D eigenvalue weighted by atomic mass is 10.2. The van der Waals surface area contributed by atoms with Crippen LogP contribution in [0.3, 0.4) is 0 Å². The van der Waals surface area contributed by atoms with E-state index in [4.69, 9.17) is 0 Å². The molecule has 0 saturated heterocycles. The molecule has 0 fully saturated rings. The van der Waals surface area contributed by atoms with Gasteiger partial charge in [-0.1, -0.05) is 47.7 Å². The summed E-state index contributed by atoms with van der Waals surface area (Å²) in [7, 11) is -4.08. The molecule has 3 aromatic rings. The van der Waals surface area contributed by atoms with Gasteiger partial charge in [0, 0.05) is 5.56 Å². The number of sulfonamides is 1. The molecule has 2 aromatic carbocycles. The first-order valence-corrected chi connectivity index (χ1v) is 11.5. The third-order valence-corrected chi connectivity index (χ3v) is 6.32. The molecular formula is C19H17F3N4O3S2. The van der Waals surface area contributed by atoms with Crippen molar-refractivity contribution in [3.63, 3.8) is 0 Å². The molecule has 0 saturated carbocycles. The van der Waals surface area contributed by atoms with Crippen molar-refractivity contribution in [2.45, 2.75) is 19.1 Å². The van der Waals surface area contributed by atoms with Gasteiger partial charge in [-0.05, 0) is 25.1 Å². The molecule has 1 heterocycles. The quantitative estimate of drug-likeness (QED) is 0.588. The van der Waals surface area contributed by atoms with E-state index < -0.39 is 33.7 Å². The zero-order chi connectivity index (χ0) is 22.8. The third kappa shape index (κ3) is 5.39. The summed E-state index contributed by atoms with van der Waals surface area (Å²) in [5, 5.41) is 11.0. The molecule has 1 N–H and O–H groups in total. The normalized spacial score (nSPS) is 12.9. The van der Waals surface area contributed by atoms with Crippen molar-refractivity contribution in [1.82, 2.24) is 10.2 Å². The van der Waals surface area contributed by atoms with Crippen molar-refractivity contribution in [3.8, 4) is 10.6 Å². The number of amides is 1. The van der Waals surface area contributed by atoms with E-state index in [2.05, 4.69) is 15.5 Å². The van der Waals surface area contributed by atoms with Gasteiger partial charge in [-0.15, -0.1) is 10.2 Å². The molecule has 0 bridgehead atoms. The van der Waals surface area contributed by atoms with E-state index in [0.29, 0.717) is 15.4 Å². The molecule has 0 aliphatic carbocycles. The minimum atomic E-state index is -4.66. The van der Waals surface area contributed by atoms with Gasteiger partial charge in [-0.2, -0.15) is 13.2 Å². The highest BCUT2D eigenvalue weighted by Crippen LogP contribution is 2.33. The average molecular weight is 470 g/mol. The summed E-state index contributed by atoms with van der Waals surface area (Å²) in [6, 6.07) is 11.5. The van der Waals surface area contributed by atoms with Gasteiger partial charge in [-0.25, -0.2) is 8.42 Å². The Hall–Kier alpha value is -2.99. The third-order valence-electron chi connectivity index (χ3n) is 4.19. The van der Waals surface area contributed by atoms with Crippen LogP contribution in [0.15, 0.2) is 54.6 Å². The van der Waals surface area contributed by atoms with Crippen LogP contribution in [0.1, 0.15) is 12.5 Å². The summed E-state index contributed by atoms with van der Waals surface area (Å²) in [4.78, 5) is 12.7. The van der Waals surface area contributed by atoms with Crippen molar-refractivity contribution in [2.24, 2.45) is 0 Å². The molecule has 0 radical (unpaired) electrons. The summed E-state index contributed by atoms with van der Waals surface area (Å²) >= 11 is 1.08. The first kappa shape index (κ1) is 22.7. The molecule has 164 valence electrons. The second kappa shape index (κ2) is 8.63. The Morgan fingerprint density at radius 2 is 1.77 bits per heavy atom. The van der Waals surface area contributed by atoms with Crippen molar-refractivity contribution in [3.05, 3.63) is 60.2 Å². The molecule has 31 heavy (non-hydrogen) atoms. The maximum Gasteiger partial charge on any atom is 0.416 e. The SMILES string of the molecule is CC(C(=O)Nc1nnc(-c2ccccc2)s1)N(c1cccc(C(F)(F)F)c1)S(C)(=O)=O. The van der Waals surface area contributed by atoms with Gasteiger partial charge < -0.3 is 0 Å². The standard InChI is InChI=1S/C19H17F3N4O3S2/c1-12(16(27)23-18-25-24-17(30-18)13-7-4-3-5-8-13)26(31(2,28)29)15-10-6-9-14(11-15)19(20,21)22/h3-12H,1-2H3,(H,23,25,27). The number of nitrogens with zero attached hydrogens (tertiary/aromatic N) is 3. The van der Waals surface area contributed by atoms with E-state index in [9.17, 15) is 26.4 Å². The lowest BCUT2D eigenvalue weighted by molar-refractivity contribution is -0.137. The van der Waals surface area contributed by atoms with Gasteiger partial charge in [0.15, 0.2) is 0 Å². The Bertz CT molecular complexity index is 1180. The zero-order valence-corrected chi connectivity index (χ0v) is 17.9. The van der Waals surface area contributed by atoms with Crippen LogP contribution >= 0.6 is 11.3 Å². The number of carbonyl (C=O) groups excluding carboxylic acids is 1. The number of benzene rings is 2. The summed E-state index contributed by atoms with van der Waals surface area (Å²) in [6.45, 7) is 1.27. The first-order chi connectivity index (χ1) is 14.5. The van der Waals surface area contributed by atoms with Crippen LogP contribution in [-0.2, 0) is 21.0 Å². The molecule has 0 aliphatic rings. The van der Waals surface area contributed by atoms with Gasteiger partial charge in [-0.3, -0.25) is 14.4 Å². The molecule has 7 nitrogen and oxygen atoms in total. The maximum atomic E-state index is 13.1. The summed E-state index contributed by atoms with van der Waals surface area (Å²) in [6.07, 6.45) is -3.85. The maximum absolute atomic E-state index is 13.1. The van der Waals surface area contributed by atoms with Crippen molar-refractivity contribution < 1.29 is 26.4 Å². The van der Waals surface area contributed by atoms with Gasteiger partial charge in [0.25, 0.3) is 0 Å². The van der Waals surface area contributed by atoms with Crippen molar-refractivity contribution >= 4 is 38.1 Å². The Balaban J connectivity index is 1.85. The fraction of sp³-hybridized carbons (Fsp3) is 0.211. The Morgan fingerprint density at radius 3 is 2.39 bits per heavy atom. The number of anilines is 2. The lowest BCUT2D eigenvalue weighted by Gasteiger charge is -2.28. The van der Waals surface area contributed by atoms with Crippen LogP contribution in [0.25, 0.3) is 10.6 Å². The van der Waals surface area contributed by atoms with Gasteiger partial charge in [0.1, 0.15) is 11.0 Å². The summed E-state index contributed by atoms with van der Waals surface area (Å²) < 4.78 is 64.4. The van der Waals surface area contributed by atoms with Crippen LogP contribution in [0.4, 0.5) is 24.0 Å². The number of hydrogen-bond donors (Lipinski definition) is 1. The Morgan fingerprint density at radius 1 is 1.10 bits per heavy atom. The number of halogens is 3. The highest BCUT2D eigenvalue weighted by atomic mass is 32.2. The molecule has 1 amide bonds. The number of rotatable bonds is 6. The average Bonchev–Trinajstić information content (AvgIpc) is 3.16. The minimum Gasteiger partial charge on any atom is -0.299 e. The highest BCUT2D eigenvalue weighted by molar-refractivity contribution is 7.92. The van der Waals surface area contributed by atoms with E-state index in [0.717, 1.165) is 35.3 Å². The largest absolute Gasteiger partial charge is 0.416 e. The Labute approximate surface area is 180 Å². The molecular weight excluding hydrogens is 453 g/mol. The molecule has 0 spiro atoms. The number of carbonyl (C=O) groups is 1. The predicted octanol–water partition coefficient (Wildman–Crippen LogP) is 4.02. The van der Waals surface area contributed by atoms with Crippen LogP contribution in [0.2, 0.25) is 0 Å². The minimum absolute atomic E-state index is 0.133. The highest BCUT2D eigenvalue weighted by Gasteiger charge is 2.34. The fourth-order valence-electron chi connectivity index (χ4n) is 2.81. The second-order valence-corrected chi connectivity index (χ2v) is 9.39. The second-order valence-electron chi connectivity index (χ2n) is 6.55. The van der Waals surface area contributed by atoms with Gasteiger partial charge in [0.2, 0.25) is 21.1 Å². The van der Waals surface area contributed by atoms with E-state index in [1.165, 1.54) is 13.0 Å². The van der Waals surface area contributed by atoms with Gasteiger partial charge >= 0.3 is 6.18 Å². The van der Waals surface area contributed by atoms with Crippen molar-refractivity contribution in [1.29, 1.82) is 0 Å². The lowest BCUT2D eigenvalue weighted by Crippen LogP contribution is -2.45. The zero-order valence-electron chi connectivity index (χ0n) is 16.3. The molecule has 0 aliphatic heterocycles. The monoisotopic (exact) mass is 470 g/mol. The fourth-order valence-corrected chi connectivity index (χ4v) is 4.73. The smallest absolute Gasteiger partial charge is 0.299 e. The van der Waals surface area contributed by atoms with Gasteiger partial charge in [0.05, 0.1) is 17.5 Å². The number of alkyl halides is 3. The van der Waals surface area contributed by atoms with Crippen LogP contribution < -0.4 is 9.62 Å². The Kier molecular flexibility index (Phi) is 6.32. The van der Waals surface area contributed by atoms with E-state index in [1.807, 2.05) is 30.3 Å². The molecule has 1 unspecified atom stereocenters. The predicted molar refractivity (Wildman–Crippen MR) is 112 cm³/mol. The molecule has 1 aromatic heterocycles. The van der Waals surface area contributed by atoms with Crippen LogP contribution in [-0.4, -0.2) is 36.8 Å². The van der Waals surface area contributed by atoms with E-state index in [1.54, 1.807) is 0 Å². The number of hydrogen-bond acceptors (Lipinski definition) is 6. The molecule has 3 rings (SSSR count). The number of aromatic nitrogens is 2. The number of nitrogens with one attached hydrogen (secondary N) is 1. The van der Waals surface area contributed by atoms with E-state index >= 15 is 0 Å². The molecule has 12 heteroatoms. The summed E-state index contributed by atoms with van der Waals surface area (Å²) in [5.41, 5.74) is -0.514.